The summed E-state index contributed by atoms with van der Waals surface area (Å²) in [5.41, 5.74) is 4.48. The van der Waals surface area contributed by atoms with E-state index in [1.54, 1.807) is 23.3 Å². The molecular weight excluding hydrogens is 304 g/mol. The summed E-state index contributed by atoms with van der Waals surface area (Å²) in [7, 11) is 1.67. The fraction of sp³-hybridized carbons (Fsp3) is 0.368. The number of fused-ring (bicyclic) bond motifs is 1. The minimum absolute atomic E-state index is 0.0325. The van der Waals surface area contributed by atoms with Gasteiger partial charge in [-0.3, -0.25) is 0 Å². The van der Waals surface area contributed by atoms with Crippen molar-refractivity contribution in [3.63, 3.8) is 0 Å². The maximum Gasteiger partial charge on any atom is 0.119 e. The van der Waals surface area contributed by atoms with Crippen molar-refractivity contribution in [3.8, 4) is 17.0 Å². The standard InChI is InChI=1S/C19H22N2OS/c1-21-8-3-4-14(21)10-17-16-11-15(22-2)5-6-18(16)20-19(17)13-7-9-23-12-13/h5-7,9,11-12,14,20H,3-4,8,10H2,1-2H3/t14-/m1/s1/i1D3. The molecule has 1 aromatic carbocycles. The molecule has 1 N–H and O–H groups in total. The molecule has 0 bridgehead atoms. The van der Waals surface area contributed by atoms with Crippen molar-refractivity contribution in [2.45, 2.75) is 25.3 Å². The number of hydrogen-bond acceptors (Lipinski definition) is 3. The van der Waals surface area contributed by atoms with Gasteiger partial charge in [-0.2, -0.15) is 11.3 Å². The molecule has 0 aliphatic carbocycles. The Morgan fingerprint density at radius 3 is 3.17 bits per heavy atom. The van der Waals surface area contributed by atoms with Gasteiger partial charge in [0.05, 0.1) is 12.8 Å². The zero-order chi connectivity index (χ0) is 18.3. The van der Waals surface area contributed by atoms with Crippen LogP contribution in [0.4, 0.5) is 0 Å². The summed E-state index contributed by atoms with van der Waals surface area (Å²) in [6, 6.07) is 8.16. The molecular formula is C19H22N2OS. The molecule has 1 aliphatic heterocycles. The lowest BCUT2D eigenvalue weighted by atomic mass is 9.98. The number of thiophene rings is 1. The molecule has 1 aliphatic rings. The van der Waals surface area contributed by atoms with Gasteiger partial charge in [-0.25, -0.2) is 0 Å². The number of rotatable bonds is 4. The first-order valence-corrected chi connectivity index (χ1v) is 8.89. The van der Waals surface area contributed by atoms with E-state index in [2.05, 4.69) is 21.8 Å². The molecule has 1 atom stereocenters. The second-order valence-electron chi connectivity index (χ2n) is 6.10. The van der Waals surface area contributed by atoms with Gasteiger partial charge in [0.15, 0.2) is 0 Å². The van der Waals surface area contributed by atoms with Crippen LogP contribution in [0.15, 0.2) is 35.0 Å². The minimum Gasteiger partial charge on any atom is -0.497 e. The number of aromatic amines is 1. The number of nitrogens with zero attached hydrogens (tertiary/aromatic N) is 1. The number of hydrogen-bond donors (Lipinski definition) is 1. The van der Waals surface area contributed by atoms with Gasteiger partial charge in [-0.05, 0) is 68.0 Å². The first kappa shape index (κ1) is 11.7. The zero-order valence-corrected chi connectivity index (χ0v) is 14.0. The molecule has 1 saturated heterocycles. The van der Waals surface area contributed by atoms with Crippen LogP contribution in [-0.4, -0.2) is 36.6 Å². The van der Waals surface area contributed by atoms with E-state index in [1.807, 2.05) is 18.2 Å². The topological polar surface area (TPSA) is 28.3 Å². The predicted octanol–water partition coefficient (Wildman–Crippen LogP) is 4.54. The minimum atomic E-state index is -2.03. The van der Waals surface area contributed by atoms with Gasteiger partial charge < -0.3 is 14.6 Å². The van der Waals surface area contributed by atoms with Crippen molar-refractivity contribution in [1.82, 2.24) is 9.88 Å². The molecule has 4 heteroatoms. The second-order valence-corrected chi connectivity index (χ2v) is 6.88. The van der Waals surface area contributed by atoms with Crippen LogP contribution in [0.2, 0.25) is 0 Å². The van der Waals surface area contributed by atoms with E-state index in [-0.39, 0.29) is 6.04 Å². The molecule has 0 spiro atoms. The predicted molar refractivity (Wildman–Crippen MR) is 97.5 cm³/mol. The molecule has 3 heterocycles. The van der Waals surface area contributed by atoms with E-state index >= 15 is 0 Å². The van der Waals surface area contributed by atoms with Crippen molar-refractivity contribution in [1.29, 1.82) is 0 Å². The lowest BCUT2D eigenvalue weighted by molar-refractivity contribution is 0.310. The van der Waals surface area contributed by atoms with Crippen LogP contribution in [0.3, 0.4) is 0 Å². The highest BCUT2D eigenvalue weighted by molar-refractivity contribution is 7.08. The largest absolute Gasteiger partial charge is 0.497 e. The van der Waals surface area contributed by atoms with Gasteiger partial charge in [0.1, 0.15) is 5.75 Å². The smallest absolute Gasteiger partial charge is 0.119 e. The third-order valence-electron chi connectivity index (χ3n) is 4.74. The Kier molecular flexibility index (Phi) is 3.07. The van der Waals surface area contributed by atoms with E-state index in [0.29, 0.717) is 6.54 Å². The van der Waals surface area contributed by atoms with Crippen LogP contribution in [0, 0.1) is 0 Å². The summed E-state index contributed by atoms with van der Waals surface area (Å²) < 4.78 is 28.9. The molecule has 0 amide bonds. The average molecular weight is 329 g/mol. The van der Waals surface area contributed by atoms with Crippen LogP contribution < -0.4 is 4.74 Å². The number of aromatic nitrogens is 1. The van der Waals surface area contributed by atoms with E-state index < -0.39 is 6.98 Å². The summed E-state index contributed by atoms with van der Waals surface area (Å²) in [4.78, 5) is 5.22. The van der Waals surface area contributed by atoms with Crippen LogP contribution in [-0.2, 0) is 6.42 Å². The first-order valence-electron chi connectivity index (χ1n) is 9.45. The maximum atomic E-state index is 7.84. The van der Waals surface area contributed by atoms with Crippen LogP contribution in [0.25, 0.3) is 22.2 Å². The van der Waals surface area contributed by atoms with E-state index in [1.165, 1.54) is 5.56 Å². The highest BCUT2D eigenvalue weighted by Crippen LogP contribution is 2.35. The van der Waals surface area contributed by atoms with Crippen LogP contribution in [0.1, 0.15) is 22.5 Å². The molecule has 2 aromatic heterocycles. The van der Waals surface area contributed by atoms with Crippen LogP contribution in [0.5, 0.6) is 5.75 Å². The van der Waals surface area contributed by atoms with E-state index in [9.17, 15) is 0 Å². The summed E-state index contributed by atoms with van der Waals surface area (Å²) in [5, 5.41) is 5.31. The van der Waals surface area contributed by atoms with Crippen molar-refractivity contribution < 1.29 is 8.85 Å². The Labute approximate surface area is 145 Å². The Hall–Kier alpha value is -1.78. The molecule has 3 nitrogen and oxygen atoms in total. The monoisotopic (exact) mass is 329 g/mol. The Morgan fingerprint density at radius 1 is 1.43 bits per heavy atom. The molecule has 0 saturated carbocycles. The van der Waals surface area contributed by atoms with Crippen molar-refractivity contribution >= 4 is 22.2 Å². The number of likely N-dealkylation sites (N-methyl/N-ethyl adjacent to an activating group) is 1. The maximum absolute atomic E-state index is 7.84. The molecule has 23 heavy (non-hydrogen) atoms. The van der Waals surface area contributed by atoms with Crippen molar-refractivity contribution in [2.24, 2.45) is 0 Å². The van der Waals surface area contributed by atoms with E-state index in [0.717, 1.165) is 47.2 Å². The lowest BCUT2D eigenvalue weighted by Crippen LogP contribution is -2.26. The number of likely N-dealkylation sites (tertiary alicyclic amines) is 1. The summed E-state index contributed by atoms with van der Waals surface area (Å²) in [6.45, 7) is -1.39. The third kappa shape index (κ3) is 2.66. The number of benzene rings is 1. The Bertz CT molecular complexity index is 902. The van der Waals surface area contributed by atoms with Gasteiger partial charge in [-0.1, -0.05) is 0 Å². The number of H-pyrrole nitrogens is 1. The highest BCUT2D eigenvalue weighted by atomic mass is 32.1. The normalized spacial score (nSPS) is 21.3. The second kappa shape index (κ2) is 6.02. The van der Waals surface area contributed by atoms with Gasteiger partial charge in [0.25, 0.3) is 0 Å². The quantitative estimate of drug-likeness (QED) is 0.761. The summed E-state index contributed by atoms with van der Waals surface area (Å²) >= 11 is 1.66. The summed E-state index contributed by atoms with van der Waals surface area (Å²) in [5.74, 6) is 0.814. The molecule has 4 rings (SSSR count). The van der Waals surface area contributed by atoms with Crippen molar-refractivity contribution in [2.75, 3.05) is 20.6 Å². The molecule has 1 fully saturated rings. The fourth-order valence-corrected chi connectivity index (χ4v) is 4.15. The SMILES string of the molecule is [2H]C([2H])([2H])N1CCC[C@@H]1Cc1c(-c2ccsc2)[nH]c2ccc(OC)cc12. The number of nitrogens with one attached hydrogen (secondary N) is 1. The Morgan fingerprint density at radius 2 is 2.39 bits per heavy atom. The Balaban J connectivity index is 1.80. The highest BCUT2D eigenvalue weighted by Gasteiger charge is 2.24. The first-order chi connectivity index (χ1) is 12.5. The zero-order valence-electron chi connectivity index (χ0n) is 16.1. The van der Waals surface area contributed by atoms with Gasteiger partial charge >= 0.3 is 0 Å². The lowest BCUT2D eigenvalue weighted by Gasteiger charge is -2.19. The third-order valence-corrected chi connectivity index (χ3v) is 5.42. The number of ether oxygens (including phenoxy) is 1. The van der Waals surface area contributed by atoms with Gasteiger partial charge in [0.2, 0.25) is 0 Å². The summed E-state index contributed by atoms with van der Waals surface area (Å²) in [6.07, 6.45) is 2.57. The van der Waals surface area contributed by atoms with Crippen LogP contribution >= 0.6 is 11.3 Å². The number of methoxy groups -OCH3 is 1. The van der Waals surface area contributed by atoms with E-state index in [4.69, 9.17) is 8.85 Å². The molecule has 0 radical (unpaired) electrons. The molecule has 0 unspecified atom stereocenters. The van der Waals surface area contributed by atoms with Gasteiger partial charge in [-0.15, -0.1) is 0 Å². The van der Waals surface area contributed by atoms with Gasteiger partial charge in [0, 0.05) is 32.0 Å². The molecule has 3 aromatic rings. The average Bonchev–Trinajstić information content (AvgIpc) is 3.34. The fourth-order valence-electron chi connectivity index (χ4n) is 3.50. The molecule has 120 valence electrons. The van der Waals surface area contributed by atoms with Crippen molar-refractivity contribution in [3.05, 3.63) is 40.6 Å².